The Morgan fingerprint density at radius 3 is 2.83 bits per heavy atom. The predicted molar refractivity (Wildman–Crippen MR) is 67.4 cm³/mol. The van der Waals surface area contributed by atoms with Crippen LogP contribution in [0.25, 0.3) is 6.08 Å². The molecule has 0 aliphatic rings. The molecule has 0 unspecified atom stereocenters. The highest BCUT2D eigenvalue weighted by molar-refractivity contribution is 5.73. The van der Waals surface area contributed by atoms with Crippen LogP contribution >= 0.6 is 0 Å². The molecule has 96 valence electrons. The Bertz CT molecular complexity index is 483. The molecule has 6 heteroatoms. The molecule has 0 saturated carbocycles. The first-order valence-electron chi connectivity index (χ1n) is 5.28. The fourth-order valence-corrected chi connectivity index (χ4v) is 1.35. The van der Waals surface area contributed by atoms with E-state index in [0.29, 0.717) is 12.1 Å². The van der Waals surface area contributed by atoms with E-state index in [0.717, 1.165) is 0 Å². The van der Waals surface area contributed by atoms with Crippen LogP contribution in [0.5, 0.6) is 5.75 Å². The Hall–Kier alpha value is -2.37. The zero-order valence-corrected chi connectivity index (χ0v) is 10.2. The maximum atomic E-state index is 10.8. The van der Waals surface area contributed by atoms with Crippen molar-refractivity contribution in [3.63, 3.8) is 0 Å². The molecule has 0 aliphatic heterocycles. The third-order valence-electron chi connectivity index (χ3n) is 2.18. The van der Waals surface area contributed by atoms with Gasteiger partial charge in [-0.05, 0) is 11.6 Å². The van der Waals surface area contributed by atoms with Crippen LogP contribution in [0.2, 0.25) is 0 Å². The van der Waals surface area contributed by atoms with Gasteiger partial charge in [0.25, 0.3) is 0 Å². The molecular formula is C12H14N2O4. The van der Waals surface area contributed by atoms with Crippen molar-refractivity contribution in [2.75, 3.05) is 13.7 Å². The summed E-state index contributed by atoms with van der Waals surface area (Å²) >= 11 is 0. The summed E-state index contributed by atoms with van der Waals surface area (Å²) in [6.45, 7) is 1.81. The first kappa shape index (κ1) is 13.7. The van der Waals surface area contributed by atoms with E-state index in [1.165, 1.54) is 26.2 Å². The number of nitrogens with zero attached hydrogens (tertiary/aromatic N) is 1. The molecule has 0 atom stereocenters. The smallest absolute Gasteiger partial charge is 0.311 e. The molecule has 1 N–H and O–H groups in total. The first-order valence-corrected chi connectivity index (χ1v) is 5.28. The van der Waals surface area contributed by atoms with Gasteiger partial charge in [0.2, 0.25) is 5.91 Å². The molecule has 18 heavy (non-hydrogen) atoms. The number of ether oxygens (including phenoxy) is 1. The quantitative estimate of drug-likeness (QED) is 0.637. The summed E-state index contributed by atoms with van der Waals surface area (Å²) in [7, 11) is 1.38. The number of hydrogen-bond donors (Lipinski definition) is 1. The molecule has 0 fully saturated rings. The lowest BCUT2D eigenvalue weighted by Gasteiger charge is -2.02. The van der Waals surface area contributed by atoms with Crippen LogP contribution in [-0.4, -0.2) is 24.5 Å². The van der Waals surface area contributed by atoms with Crippen molar-refractivity contribution in [3.05, 3.63) is 40.0 Å². The average Bonchev–Trinajstić information content (AvgIpc) is 2.34. The van der Waals surface area contributed by atoms with Gasteiger partial charge in [-0.3, -0.25) is 14.9 Å². The third-order valence-corrected chi connectivity index (χ3v) is 2.18. The molecule has 0 heterocycles. The minimum absolute atomic E-state index is 0.0841. The van der Waals surface area contributed by atoms with Crippen molar-refractivity contribution in [3.8, 4) is 5.75 Å². The van der Waals surface area contributed by atoms with Gasteiger partial charge >= 0.3 is 5.69 Å². The van der Waals surface area contributed by atoms with Crippen molar-refractivity contribution < 1.29 is 14.5 Å². The van der Waals surface area contributed by atoms with Gasteiger partial charge in [-0.25, -0.2) is 0 Å². The number of nitrogens with one attached hydrogen (secondary N) is 1. The zero-order valence-electron chi connectivity index (χ0n) is 10.2. The van der Waals surface area contributed by atoms with Crippen LogP contribution in [0.3, 0.4) is 0 Å². The number of nitro benzene ring substituents is 1. The monoisotopic (exact) mass is 250 g/mol. The SMILES string of the molecule is COc1ccc(C=CCNC(C)=O)cc1[N+](=O)[O-]. The molecule has 6 nitrogen and oxygen atoms in total. The first-order chi connectivity index (χ1) is 8.54. The van der Waals surface area contributed by atoms with Gasteiger partial charge in [-0.2, -0.15) is 0 Å². The fraction of sp³-hybridized carbons (Fsp3) is 0.250. The summed E-state index contributed by atoms with van der Waals surface area (Å²) in [6.07, 6.45) is 3.41. The number of amides is 1. The Morgan fingerprint density at radius 2 is 2.28 bits per heavy atom. The minimum Gasteiger partial charge on any atom is -0.490 e. The van der Waals surface area contributed by atoms with Crippen molar-refractivity contribution in [1.82, 2.24) is 5.32 Å². The minimum atomic E-state index is -0.496. The number of rotatable bonds is 5. The van der Waals surface area contributed by atoms with Gasteiger partial charge in [-0.15, -0.1) is 0 Å². The maximum Gasteiger partial charge on any atom is 0.311 e. The van der Waals surface area contributed by atoms with Gasteiger partial charge < -0.3 is 10.1 Å². The zero-order chi connectivity index (χ0) is 13.5. The Labute approximate surface area is 104 Å². The van der Waals surface area contributed by atoms with Crippen molar-refractivity contribution in [1.29, 1.82) is 0 Å². The summed E-state index contributed by atoms with van der Waals surface area (Å²) < 4.78 is 4.90. The molecule has 1 aromatic rings. The molecule has 1 rings (SSSR count). The lowest BCUT2D eigenvalue weighted by atomic mass is 10.1. The summed E-state index contributed by atoms with van der Waals surface area (Å²) in [6, 6.07) is 4.66. The number of hydrogen-bond acceptors (Lipinski definition) is 4. The van der Waals surface area contributed by atoms with Gasteiger partial charge in [0.15, 0.2) is 5.75 Å². The van der Waals surface area contributed by atoms with E-state index in [1.54, 1.807) is 18.2 Å². The van der Waals surface area contributed by atoms with Crippen LogP contribution in [-0.2, 0) is 4.79 Å². The highest BCUT2D eigenvalue weighted by atomic mass is 16.6. The van der Waals surface area contributed by atoms with Gasteiger partial charge in [-0.1, -0.05) is 18.2 Å². The molecule has 1 amide bonds. The van der Waals surface area contributed by atoms with E-state index >= 15 is 0 Å². The van der Waals surface area contributed by atoms with E-state index in [1.807, 2.05) is 0 Å². The van der Waals surface area contributed by atoms with Crippen LogP contribution in [0.4, 0.5) is 5.69 Å². The molecule has 0 radical (unpaired) electrons. The van der Waals surface area contributed by atoms with Crippen molar-refractivity contribution in [2.24, 2.45) is 0 Å². The second-order valence-electron chi connectivity index (χ2n) is 3.53. The molecule has 0 aromatic heterocycles. The molecule has 0 bridgehead atoms. The largest absolute Gasteiger partial charge is 0.490 e. The van der Waals surface area contributed by atoms with Crippen LogP contribution in [0.1, 0.15) is 12.5 Å². The third kappa shape index (κ3) is 3.89. The normalized spacial score (nSPS) is 10.3. The van der Waals surface area contributed by atoms with Crippen molar-refractivity contribution in [2.45, 2.75) is 6.92 Å². The van der Waals surface area contributed by atoms with E-state index in [2.05, 4.69) is 5.32 Å². The van der Waals surface area contributed by atoms with E-state index in [9.17, 15) is 14.9 Å². The topological polar surface area (TPSA) is 81.5 Å². The van der Waals surface area contributed by atoms with Crippen LogP contribution in [0, 0.1) is 10.1 Å². The van der Waals surface area contributed by atoms with Crippen LogP contribution < -0.4 is 10.1 Å². The second-order valence-corrected chi connectivity index (χ2v) is 3.53. The summed E-state index contributed by atoms with van der Waals surface area (Å²) in [5, 5.41) is 13.4. The van der Waals surface area contributed by atoms with Crippen molar-refractivity contribution >= 4 is 17.7 Å². The van der Waals surface area contributed by atoms with Crippen LogP contribution in [0.15, 0.2) is 24.3 Å². The van der Waals surface area contributed by atoms with Gasteiger partial charge in [0, 0.05) is 19.5 Å². The molecule has 0 saturated heterocycles. The number of nitro groups is 1. The summed E-state index contributed by atoms with van der Waals surface area (Å²) in [5.41, 5.74) is 0.590. The molecule has 0 aliphatic carbocycles. The summed E-state index contributed by atoms with van der Waals surface area (Å²) in [5.74, 6) is 0.0966. The molecule has 1 aromatic carbocycles. The predicted octanol–water partition coefficient (Wildman–Crippen LogP) is 1.75. The lowest BCUT2D eigenvalue weighted by Crippen LogP contribution is -2.19. The Balaban J connectivity index is 2.82. The van der Waals surface area contributed by atoms with E-state index in [4.69, 9.17) is 4.74 Å². The number of methoxy groups -OCH3 is 1. The average molecular weight is 250 g/mol. The lowest BCUT2D eigenvalue weighted by molar-refractivity contribution is -0.385. The summed E-state index contributed by atoms with van der Waals surface area (Å²) in [4.78, 5) is 20.9. The second kappa shape index (κ2) is 6.39. The number of carbonyl (C=O) groups is 1. The molecule has 0 spiro atoms. The van der Waals surface area contributed by atoms with Gasteiger partial charge in [0.05, 0.1) is 12.0 Å². The highest BCUT2D eigenvalue weighted by Gasteiger charge is 2.13. The van der Waals surface area contributed by atoms with Gasteiger partial charge in [0.1, 0.15) is 0 Å². The van der Waals surface area contributed by atoms with E-state index in [-0.39, 0.29) is 17.3 Å². The maximum absolute atomic E-state index is 10.8. The molecular weight excluding hydrogens is 236 g/mol. The fourth-order valence-electron chi connectivity index (χ4n) is 1.35. The number of benzene rings is 1. The number of carbonyl (C=O) groups excluding carboxylic acids is 1. The Morgan fingerprint density at radius 1 is 1.56 bits per heavy atom. The standard InChI is InChI=1S/C12H14N2O4/c1-9(15)13-7-3-4-10-5-6-12(18-2)11(8-10)14(16)17/h3-6,8H,7H2,1-2H3,(H,13,15). The highest BCUT2D eigenvalue weighted by Crippen LogP contribution is 2.27. The Kier molecular flexibility index (Phi) is 4.86. The van der Waals surface area contributed by atoms with E-state index < -0.39 is 4.92 Å².